The first kappa shape index (κ1) is 16.3. The molecule has 1 aromatic rings. The first-order chi connectivity index (χ1) is 9.29. The average molecular weight is 273 g/mol. The molecule has 0 radical (unpaired) electrons. The number of allylic oxidation sites excluding steroid dienone is 2. The Kier molecular flexibility index (Phi) is 5.40. The molecule has 0 aromatic carbocycles. The molecular weight excluding hydrogens is 246 g/mol. The molecule has 0 aliphatic carbocycles. The second-order valence-corrected chi connectivity index (χ2v) is 5.60. The summed E-state index contributed by atoms with van der Waals surface area (Å²) in [5.41, 5.74) is 11.5. The lowest BCUT2D eigenvalue weighted by atomic mass is 9.99. The van der Waals surface area contributed by atoms with Crippen LogP contribution in [-0.4, -0.2) is 10.7 Å². The molecule has 0 amide bonds. The van der Waals surface area contributed by atoms with E-state index in [2.05, 4.69) is 39.2 Å². The van der Waals surface area contributed by atoms with Gasteiger partial charge in [0.05, 0.1) is 0 Å². The molecule has 1 unspecified atom stereocenters. The number of rotatable bonds is 6. The van der Waals surface area contributed by atoms with Crippen molar-refractivity contribution < 1.29 is 0 Å². The summed E-state index contributed by atoms with van der Waals surface area (Å²) >= 11 is 0. The van der Waals surface area contributed by atoms with Gasteiger partial charge >= 0.3 is 0 Å². The van der Waals surface area contributed by atoms with Crippen LogP contribution < -0.4 is 11.6 Å². The normalized spacial score (nSPS) is 13.1. The molecule has 0 aliphatic rings. The van der Waals surface area contributed by atoms with Crippen LogP contribution in [0.5, 0.6) is 0 Å². The van der Waals surface area contributed by atoms with Gasteiger partial charge < -0.3 is 11.6 Å². The molecule has 0 spiro atoms. The molecule has 1 atom stereocenters. The van der Waals surface area contributed by atoms with Crippen molar-refractivity contribution in [3.63, 3.8) is 0 Å². The number of nitrogen functional groups attached to an aromatic ring is 1. The van der Waals surface area contributed by atoms with E-state index in [1.165, 1.54) is 5.56 Å². The van der Waals surface area contributed by atoms with Crippen LogP contribution in [0.2, 0.25) is 0 Å². The van der Waals surface area contributed by atoms with Gasteiger partial charge in [-0.15, -0.1) is 6.58 Å². The second-order valence-electron chi connectivity index (χ2n) is 5.60. The lowest BCUT2D eigenvalue weighted by Gasteiger charge is -2.08. The summed E-state index contributed by atoms with van der Waals surface area (Å²) in [4.78, 5) is 0. The van der Waals surface area contributed by atoms with Crippen molar-refractivity contribution in [2.75, 3.05) is 5.84 Å². The van der Waals surface area contributed by atoms with Gasteiger partial charge in [0.1, 0.15) is 0 Å². The van der Waals surface area contributed by atoms with Gasteiger partial charge in [-0.05, 0) is 31.7 Å². The standard InChI is InChI=1S/C17H27N3/c1-7-15(18)10-17-14(6)20(19)13(5)16(17)9-8-12(4)11(2)3/h7-9,11,15H,1,4,10,18-19H2,2-3,5-6H3/b9-8-. The first-order valence-corrected chi connectivity index (χ1v) is 7.00. The van der Waals surface area contributed by atoms with Crippen molar-refractivity contribution in [1.82, 2.24) is 4.68 Å². The Hall–Kier alpha value is -1.74. The van der Waals surface area contributed by atoms with Crippen molar-refractivity contribution in [1.29, 1.82) is 0 Å². The van der Waals surface area contributed by atoms with Crippen LogP contribution in [0.3, 0.4) is 0 Å². The van der Waals surface area contributed by atoms with E-state index < -0.39 is 0 Å². The van der Waals surface area contributed by atoms with Crippen LogP contribution in [-0.2, 0) is 6.42 Å². The smallest absolute Gasteiger partial charge is 0.0439 e. The fourth-order valence-electron chi connectivity index (χ4n) is 2.12. The maximum absolute atomic E-state index is 6.08. The summed E-state index contributed by atoms with van der Waals surface area (Å²) in [6.45, 7) is 16.1. The number of hydrogen-bond acceptors (Lipinski definition) is 2. The predicted molar refractivity (Wildman–Crippen MR) is 88.9 cm³/mol. The Labute approximate surface area is 122 Å². The zero-order chi connectivity index (χ0) is 15.4. The molecule has 20 heavy (non-hydrogen) atoms. The van der Waals surface area contributed by atoms with E-state index in [0.717, 1.165) is 28.9 Å². The highest BCUT2D eigenvalue weighted by molar-refractivity contribution is 5.61. The van der Waals surface area contributed by atoms with Gasteiger partial charge in [0.15, 0.2) is 0 Å². The number of aromatic nitrogens is 1. The average Bonchev–Trinajstić information content (AvgIpc) is 2.61. The highest BCUT2D eigenvalue weighted by Crippen LogP contribution is 2.24. The quantitative estimate of drug-likeness (QED) is 0.475. The minimum absolute atomic E-state index is 0.0593. The van der Waals surface area contributed by atoms with Crippen LogP contribution in [0.25, 0.3) is 6.08 Å². The predicted octanol–water partition coefficient (Wildman–Crippen LogP) is 3.10. The Morgan fingerprint density at radius 3 is 2.40 bits per heavy atom. The molecule has 0 bridgehead atoms. The highest BCUT2D eigenvalue weighted by Gasteiger charge is 2.16. The molecule has 1 heterocycles. The molecular formula is C17H27N3. The van der Waals surface area contributed by atoms with Crippen LogP contribution in [0.1, 0.15) is 36.4 Å². The zero-order valence-electron chi connectivity index (χ0n) is 13.1. The van der Waals surface area contributed by atoms with E-state index in [-0.39, 0.29) is 6.04 Å². The third-order valence-electron chi connectivity index (χ3n) is 3.82. The van der Waals surface area contributed by atoms with Crippen LogP contribution in [0.4, 0.5) is 0 Å². The SMILES string of the molecule is C=CC(N)Cc1c(/C=C\C(=C)C(C)C)c(C)n(N)c1C. The Morgan fingerprint density at radius 2 is 1.90 bits per heavy atom. The summed E-state index contributed by atoms with van der Waals surface area (Å²) in [6.07, 6.45) is 6.67. The molecule has 3 nitrogen and oxygen atoms in total. The summed E-state index contributed by atoms with van der Waals surface area (Å²) in [6, 6.07) is -0.0593. The lowest BCUT2D eigenvalue weighted by molar-refractivity contribution is 0.795. The number of hydrogen-bond donors (Lipinski definition) is 2. The van der Waals surface area contributed by atoms with Crippen molar-refractivity contribution in [3.8, 4) is 0 Å². The monoisotopic (exact) mass is 273 g/mol. The van der Waals surface area contributed by atoms with Crippen molar-refractivity contribution in [2.45, 2.75) is 40.2 Å². The van der Waals surface area contributed by atoms with Crippen molar-refractivity contribution in [2.24, 2.45) is 11.7 Å². The Morgan fingerprint density at radius 1 is 1.30 bits per heavy atom. The largest absolute Gasteiger partial charge is 0.339 e. The van der Waals surface area contributed by atoms with Gasteiger partial charge in [0.25, 0.3) is 0 Å². The van der Waals surface area contributed by atoms with E-state index in [1.54, 1.807) is 10.8 Å². The van der Waals surface area contributed by atoms with Crippen molar-refractivity contribution >= 4 is 6.08 Å². The van der Waals surface area contributed by atoms with Crippen LogP contribution in [0, 0.1) is 19.8 Å². The van der Waals surface area contributed by atoms with Gasteiger partial charge in [-0.25, -0.2) is 0 Å². The third kappa shape index (κ3) is 3.42. The highest BCUT2D eigenvalue weighted by atomic mass is 15.3. The number of nitrogens with two attached hydrogens (primary N) is 2. The third-order valence-corrected chi connectivity index (χ3v) is 3.82. The van der Waals surface area contributed by atoms with E-state index in [4.69, 9.17) is 11.6 Å². The van der Waals surface area contributed by atoms with Gasteiger partial charge in [-0.2, -0.15) is 0 Å². The maximum atomic E-state index is 6.08. The minimum Gasteiger partial charge on any atom is -0.339 e. The Balaban J connectivity index is 3.20. The van der Waals surface area contributed by atoms with Gasteiger partial charge in [-0.1, -0.05) is 44.2 Å². The van der Waals surface area contributed by atoms with Crippen molar-refractivity contribution in [3.05, 3.63) is 53.4 Å². The van der Waals surface area contributed by atoms with E-state index in [1.807, 2.05) is 13.8 Å². The molecule has 3 heteroatoms. The molecule has 0 saturated heterocycles. The minimum atomic E-state index is -0.0593. The van der Waals surface area contributed by atoms with E-state index in [0.29, 0.717) is 5.92 Å². The Bertz CT molecular complexity index is 533. The molecule has 1 aromatic heterocycles. The molecule has 110 valence electrons. The molecule has 0 aliphatic heterocycles. The first-order valence-electron chi connectivity index (χ1n) is 7.00. The summed E-state index contributed by atoms with van der Waals surface area (Å²) < 4.78 is 1.73. The van der Waals surface area contributed by atoms with Gasteiger partial charge in [0, 0.05) is 23.0 Å². The maximum Gasteiger partial charge on any atom is 0.0439 e. The van der Waals surface area contributed by atoms with Gasteiger partial charge in [-0.3, -0.25) is 4.68 Å². The van der Waals surface area contributed by atoms with Gasteiger partial charge in [0.2, 0.25) is 0 Å². The van der Waals surface area contributed by atoms with Crippen LogP contribution in [0.15, 0.2) is 30.9 Å². The van der Waals surface area contributed by atoms with E-state index in [9.17, 15) is 0 Å². The lowest BCUT2D eigenvalue weighted by Crippen LogP contribution is -2.20. The van der Waals surface area contributed by atoms with E-state index >= 15 is 0 Å². The molecule has 4 N–H and O–H groups in total. The summed E-state index contributed by atoms with van der Waals surface area (Å²) in [5, 5.41) is 0. The number of nitrogens with zero attached hydrogens (tertiary/aromatic N) is 1. The zero-order valence-corrected chi connectivity index (χ0v) is 13.1. The second kappa shape index (κ2) is 6.62. The summed E-state index contributed by atoms with van der Waals surface area (Å²) in [5.74, 6) is 6.52. The molecule has 0 saturated carbocycles. The molecule has 1 rings (SSSR count). The molecule has 0 fully saturated rings. The topological polar surface area (TPSA) is 57.0 Å². The fraction of sp³-hybridized carbons (Fsp3) is 0.412. The van der Waals surface area contributed by atoms with Crippen LogP contribution >= 0.6 is 0 Å². The summed E-state index contributed by atoms with van der Waals surface area (Å²) in [7, 11) is 0. The fourth-order valence-corrected chi connectivity index (χ4v) is 2.12.